The number of benzene rings is 1. The van der Waals surface area contributed by atoms with Crippen molar-refractivity contribution in [2.24, 2.45) is 4.99 Å². The van der Waals surface area contributed by atoms with Gasteiger partial charge in [0.15, 0.2) is 5.82 Å². The molecule has 0 N–H and O–H groups in total. The Bertz CT molecular complexity index is 603. The highest BCUT2D eigenvalue weighted by atomic mass is 16.5. The van der Waals surface area contributed by atoms with Gasteiger partial charge in [-0.25, -0.2) is 9.67 Å². The van der Waals surface area contributed by atoms with Crippen LogP contribution in [0.1, 0.15) is 20.3 Å². The molecule has 0 unspecified atom stereocenters. The predicted molar refractivity (Wildman–Crippen MR) is 77.6 cm³/mol. The van der Waals surface area contributed by atoms with E-state index in [1.165, 1.54) is 0 Å². The molecule has 5 heteroatoms. The minimum absolute atomic E-state index is 0.187. The minimum Gasteiger partial charge on any atom is -0.466 e. The molecule has 0 radical (unpaired) electrons. The van der Waals surface area contributed by atoms with Gasteiger partial charge >= 0.3 is 5.97 Å². The van der Waals surface area contributed by atoms with E-state index in [2.05, 4.69) is 10.1 Å². The normalized spacial score (nSPS) is 11.4. The van der Waals surface area contributed by atoms with Crippen LogP contribution < -0.4 is 0 Å². The van der Waals surface area contributed by atoms with Crippen molar-refractivity contribution in [2.75, 3.05) is 6.61 Å². The zero-order valence-corrected chi connectivity index (χ0v) is 11.6. The van der Waals surface area contributed by atoms with Crippen molar-refractivity contribution >= 4 is 17.5 Å². The molecule has 20 heavy (non-hydrogen) atoms. The molecular weight excluding hydrogens is 254 g/mol. The number of ether oxygens (including phenoxy) is 1. The third-order valence-electron chi connectivity index (χ3n) is 2.61. The first-order valence-electron chi connectivity index (χ1n) is 6.50. The molecule has 0 saturated heterocycles. The van der Waals surface area contributed by atoms with E-state index >= 15 is 0 Å². The van der Waals surface area contributed by atoms with Crippen molar-refractivity contribution in [3.63, 3.8) is 0 Å². The molecule has 0 amide bonds. The molecule has 0 bridgehead atoms. The monoisotopic (exact) mass is 271 g/mol. The molecule has 1 heterocycles. The topological polar surface area (TPSA) is 56.5 Å². The number of nitrogens with zero attached hydrogens (tertiary/aromatic N) is 3. The third-order valence-corrected chi connectivity index (χ3v) is 2.61. The van der Waals surface area contributed by atoms with Crippen molar-refractivity contribution in [3.8, 4) is 5.69 Å². The zero-order valence-electron chi connectivity index (χ0n) is 11.6. The molecule has 0 saturated carbocycles. The maximum Gasteiger partial charge on any atom is 0.311 e. The van der Waals surface area contributed by atoms with Gasteiger partial charge in [-0.3, -0.25) is 4.79 Å². The van der Waals surface area contributed by atoms with E-state index in [1.807, 2.05) is 42.6 Å². The number of hydrogen-bond donors (Lipinski definition) is 0. The van der Waals surface area contributed by atoms with Crippen molar-refractivity contribution in [3.05, 3.63) is 42.6 Å². The first kappa shape index (κ1) is 14.0. The summed E-state index contributed by atoms with van der Waals surface area (Å²) in [5.41, 5.74) is 1.65. The van der Waals surface area contributed by atoms with Gasteiger partial charge in [0.05, 0.1) is 18.7 Å². The zero-order chi connectivity index (χ0) is 14.4. The van der Waals surface area contributed by atoms with Crippen LogP contribution in [0, 0.1) is 0 Å². The lowest BCUT2D eigenvalue weighted by molar-refractivity contribution is -0.141. The standard InChI is InChI=1S/C15H17N3O2/c1-3-20-15(19)11-12(2)16-14-9-10-18(17-14)13-7-5-4-6-8-13/h4-10H,3,11H2,1-2H3. The van der Waals surface area contributed by atoms with Gasteiger partial charge in [-0.1, -0.05) is 18.2 Å². The molecule has 2 rings (SSSR count). The number of carbonyl (C=O) groups is 1. The number of aromatic nitrogens is 2. The largest absolute Gasteiger partial charge is 0.466 e. The number of esters is 1. The SMILES string of the molecule is CCOC(=O)CC(C)=Nc1ccn(-c2ccccc2)n1. The van der Waals surface area contributed by atoms with Gasteiger partial charge in [0, 0.05) is 18.0 Å². The molecule has 2 aromatic rings. The van der Waals surface area contributed by atoms with Crippen LogP contribution in [-0.4, -0.2) is 28.1 Å². The van der Waals surface area contributed by atoms with Gasteiger partial charge in [-0.15, -0.1) is 5.10 Å². The third kappa shape index (κ3) is 3.78. The Morgan fingerprint density at radius 1 is 1.30 bits per heavy atom. The summed E-state index contributed by atoms with van der Waals surface area (Å²) in [6.07, 6.45) is 2.03. The number of rotatable bonds is 5. The smallest absolute Gasteiger partial charge is 0.311 e. The fraction of sp³-hybridized carbons (Fsp3) is 0.267. The summed E-state index contributed by atoms with van der Waals surface area (Å²) in [5, 5.41) is 4.35. The molecule has 0 fully saturated rings. The summed E-state index contributed by atoms with van der Waals surface area (Å²) in [7, 11) is 0. The minimum atomic E-state index is -0.267. The van der Waals surface area contributed by atoms with E-state index in [4.69, 9.17) is 4.74 Å². The fourth-order valence-electron chi connectivity index (χ4n) is 1.75. The Morgan fingerprint density at radius 3 is 2.75 bits per heavy atom. The van der Waals surface area contributed by atoms with Gasteiger partial charge in [0.1, 0.15) is 0 Å². The summed E-state index contributed by atoms with van der Waals surface area (Å²) in [6.45, 7) is 3.96. The molecule has 1 aromatic carbocycles. The van der Waals surface area contributed by atoms with Crippen LogP contribution in [0.2, 0.25) is 0 Å². The first-order chi connectivity index (χ1) is 9.69. The second kappa shape index (κ2) is 6.65. The molecule has 0 aliphatic carbocycles. The van der Waals surface area contributed by atoms with E-state index in [9.17, 15) is 4.79 Å². The van der Waals surface area contributed by atoms with Crippen LogP contribution in [0.5, 0.6) is 0 Å². The molecule has 104 valence electrons. The first-order valence-corrected chi connectivity index (χ1v) is 6.50. The van der Waals surface area contributed by atoms with Crippen molar-refractivity contribution in [2.45, 2.75) is 20.3 Å². The molecule has 0 aliphatic heterocycles. The van der Waals surface area contributed by atoms with Crippen molar-refractivity contribution < 1.29 is 9.53 Å². The Morgan fingerprint density at radius 2 is 2.05 bits per heavy atom. The lowest BCUT2D eigenvalue weighted by Crippen LogP contribution is -2.08. The van der Waals surface area contributed by atoms with E-state index in [1.54, 1.807) is 18.5 Å². The maximum atomic E-state index is 11.3. The molecule has 0 atom stereocenters. The van der Waals surface area contributed by atoms with Gasteiger partial charge in [-0.2, -0.15) is 0 Å². The Labute approximate surface area is 117 Å². The summed E-state index contributed by atoms with van der Waals surface area (Å²) >= 11 is 0. The molecule has 5 nitrogen and oxygen atoms in total. The Balaban J connectivity index is 2.07. The lowest BCUT2D eigenvalue weighted by atomic mass is 10.3. The molecular formula is C15H17N3O2. The van der Waals surface area contributed by atoms with Gasteiger partial charge in [0.25, 0.3) is 0 Å². The second-order valence-electron chi connectivity index (χ2n) is 4.28. The summed E-state index contributed by atoms with van der Waals surface area (Å²) < 4.78 is 6.63. The van der Waals surface area contributed by atoms with E-state index in [0.29, 0.717) is 18.1 Å². The quantitative estimate of drug-likeness (QED) is 0.620. The van der Waals surface area contributed by atoms with Crippen LogP contribution in [0.3, 0.4) is 0 Å². The number of carbonyl (C=O) groups excluding carboxylic acids is 1. The summed E-state index contributed by atoms with van der Waals surface area (Å²) in [4.78, 5) is 15.7. The number of aliphatic imine (C=N–C) groups is 1. The molecule has 0 aliphatic rings. The highest BCUT2D eigenvalue weighted by Crippen LogP contribution is 2.13. The van der Waals surface area contributed by atoms with Crippen molar-refractivity contribution in [1.29, 1.82) is 0 Å². The average Bonchev–Trinajstić information content (AvgIpc) is 2.88. The van der Waals surface area contributed by atoms with Crippen LogP contribution in [0.4, 0.5) is 5.82 Å². The van der Waals surface area contributed by atoms with Gasteiger partial charge in [0.2, 0.25) is 0 Å². The van der Waals surface area contributed by atoms with E-state index in [0.717, 1.165) is 5.69 Å². The average molecular weight is 271 g/mol. The number of para-hydroxylation sites is 1. The van der Waals surface area contributed by atoms with Crippen LogP contribution in [0.15, 0.2) is 47.6 Å². The lowest BCUT2D eigenvalue weighted by Gasteiger charge is -2.01. The van der Waals surface area contributed by atoms with Crippen molar-refractivity contribution in [1.82, 2.24) is 9.78 Å². The van der Waals surface area contributed by atoms with E-state index in [-0.39, 0.29) is 12.4 Å². The second-order valence-corrected chi connectivity index (χ2v) is 4.28. The Kier molecular flexibility index (Phi) is 4.65. The van der Waals surface area contributed by atoms with E-state index < -0.39 is 0 Å². The summed E-state index contributed by atoms with van der Waals surface area (Å²) in [6, 6.07) is 11.6. The van der Waals surface area contributed by atoms with Gasteiger partial charge < -0.3 is 4.74 Å². The summed E-state index contributed by atoms with van der Waals surface area (Å²) in [5.74, 6) is 0.312. The van der Waals surface area contributed by atoms with Gasteiger partial charge in [-0.05, 0) is 26.0 Å². The Hall–Kier alpha value is -2.43. The van der Waals surface area contributed by atoms with Crippen LogP contribution >= 0.6 is 0 Å². The predicted octanol–water partition coefficient (Wildman–Crippen LogP) is 2.92. The molecule has 1 aromatic heterocycles. The van der Waals surface area contributed by atoms with Crippen LogP contribution in [-0.2, 0) is 9.53 Å². The highest BCUT2D eigenvalue weighted by Gasteiger charge is 2.05. The fourth-order valence-corrected chi connectivity index (χ4v) is 1.75. The maximum absolute atomic E-state index is 11.3. The van der Waals surface area contributed by atoms with Crippen LogP contribution in [0.25, 0.3) is 5.69 Å². The highest BCUT2D eigenvalue weighted by molar-refractivity contribution is 5.98. The molecule has 0 spiro atoms. The number of hydrogen-bond acceptors (Lipinski definition) is 4.